The first-order chi connectivity index (χ1) is 15.1. The van der Waals surface area contributed by atoms with Crippen molar-refractivity contribution in [3.8, 4) is 28.3 Å². The van der Waals surface area contributed by atoms with E-state index in [9.17, 15) is 10.2 Å². The number of benzene rings is 3. The molecule has 1 fully saturated rings. The number of rotatable bonds is 4. The van der Waals surface area contributed by atoms with Gasteiger partial charge in [-0.1, -0.05) is 79.2 Å². The van der Waals surface area contributed by atoms with Crippen LogP contribution in [-0.4, -0.2) is 15.2 Å². The van der Waals surface area contributed by atoms with E-state index in [0.717, 1.165) is 41.6 Å². The van der Waals surface area contributed by atoms with Crippen LogP contribution in [0, 0.1) is 0 Å². The minimum Gasteiger partial charge on any atom is -0.508 e. The van der Waals surface area contributed by atoms with Crippen LogP contribution in [0.25, 0.3) is 22.6 Å². The van der Waals surface area contributed by atoms with Gasteiger partial charge in [-0.05, 0) is 37.0 Å². The minimum atomic E-state index is -1.23. The van der Waals surface area contributed by atoms with Gasteiger partial charge < -0.3 is 14.6 Å². The molecular weight excluding hydrogens is 386 g/mol. The SMILES string of the molecule is Oc1cccc([C@@H]2CCCC[C@@]2(O)c2nc(-c3ccccc3)c(-c3ccccc3)o2)c1. The molecule has 0 unspecified atom stereocenters. The van der Waals surface area contributed by atoms with Crippen LogP contribution in [-0.2, 0) is 5.60 Å². The molecule has 2 N–H and O–H groups in total. The topological polar surface area (TPSA) is 66.5 Å². The Kier molecular flexibility index (Phi) is 5.08. The second-order valence-corrected chi connectivity index (χ2v) is 8.25. The minimum absolute atomic E-state index is 0.195. The largest absolute Gasteiger partial charge is 0.508 e. The van der Waals surface area contributed by atoms with Gasteiger partial charge in [-0.2, -0.15) is 0 Å². The standard InChI is InChI=1S/C27H25NO3/c29-22-15-9-14-21(18-22)23-16-7-8-17-27(23,30)26-28-24(19-10-3-1-4-11-19)25(31-26)20-12-5-2-6-13-20/h1-6,9-15,18,23,29-30H,7-8,16-17H2/t23-,27-/m0/s1. The molecule has 2 atom stereocenters. The van der Waals surface area contributed by atoms with Crippen molar-refractivity contribution >= 4 is 0 Å². The highest BCUT2D eigenvalue weighted by molar-refractivity contribution is 5.76. The van der Waals surface area contributed by atoms with E-state index in [4.69, 9.17) is 9.40 Å². The van der Waals surface area contributed by atoms with Crippen molar-refractivity contribution < 1.29 is 14.6 Å². The Bertz CT molecular complexity index is 1110. The molecule has 0 spiro atoms. The number of phenols is 1. The molecule has 156 valence electrons. The maximum absolute atomic E-state index is 11.9. The van der Waals surface area contributed by atoms with Crippen LogP contribution in [0.3, 0.4) is 0 Å². The first-order valence-electron chi connectivity index (χ1n) is 10.8. The molecule has 4 aromatic rings. The van der Waals surface area contributed by atoms with E-state index in [1.807, 2.05) is 72.8 Å². The number of aromatic nitrogens is 1. The number of hydrogen-bond acceptors (Lipinski definition) is 4. The zero-order valence-corrected chi connectivity index (χ0v) is 17.2. The molecule has 0 aliphatic heterocycles. The third-order valence-corrected chi connectivity index (χ3v) is 6.23. The van der Waals surface area contributed by atoms with Gasteiger partial charge in [0.2, 0.25) is 5.89 Å². The molecule has 5 rings (SSSR count). The number of phenolic OH excluding ortho intramolecular Hbond substituents is 1. The van der Waals surface area contributed by atoms with Gasteiger partial charge in [-0.15, -0.1) is 0 Å². The monoisotopic (exact) mass is 411 g/mol. The lowest BCUT2D eigenvalue weighted by Crippen LogP contribution is -2.36. The summed E-state index contributed by atoms with van der Waals surface area (Å²) in [7, 11) is 0. The molecule has 4 heteroatoms. The Balaban J connectivity index is 1.66. The summed E-state index contributed by atoms with van der Waals surface area (Å²) in [5.74, 6) is 1.01. The highest BCUT2D eigenvalue weighted by atomic mass is 16.4. The molecule has 1 saturated carbocycles. The third-order valence-electron chi connectivity index (χ3n) is 6.23. The summed E-state index contributed by atoms with van der Waals surface area (Å²) in [5, 5.41) is 21.9. The zero-order chi connectivity index (χ0) is 21.3. The highest BCUT2D eigenvalue weighted by Crippen LogP contribution is 2.49. The van der Waals surface area contributed by atoms with Crippen LogP contribution in [0.2, 0.25) is 0 Å². The van der Waals surface area contributed by atoms with Crippen LogP contribution in [0.4, 0.5) is 0 Å². The van der Waals surface area contributed by atoms with E-state index in [0.29, 0.717) is 18.1 Å². The number of aromatic hydroxyl groups is 1. The van der Waals surface area contributed by atoms with Gasteiger partial charge in [-0.25, -0.2) is 4.98 Å². The van der Waals surface area contributed by atoms with Crippen LogP contribution >= 0.6 is 0 Å². The van der Waals surface area contributed by atoms with E-state index < -0.39 is 5.60 Å². The summed E-state index contributed by atoms with van der Waals surface area (Å²) in [6.45, 7) is 0. The van der Waals surface area contributed by atoms with E-state index in [1.165, 1.54) is 0 Å². The van der Waals surface area contributed by atoms with Crippen molar-refractivity contribution in [2.75, 3.05) is 0 Å². The predicted octanol–water partition coefficient (Wildman–Crippen LogP) is 6.26. The molecule has 3 aromatic carbocycles. The Labute approximate surface area is 181 Å². The second kappa shape index (κ2) is 8.05. The zero-order valence-electron chi connectivity index (χ0n) is 17.2. The average Bonchev–Trinajstić information content (AvgIpc) is 3.27. The lowest BCUT2D eigenvalue weighted by atomic mass is 9.72. The lowest BCUT2D eigenvalue weighted by molar-refractivity contribution is -0.0445. The Morgan fingerprint density at radius 3 is 2.26 bits per heavy atom. The van der Waals surface area contributed by atoms with Crippen molar-refractivity contribution in [3.05, 3.63) is 96.4 Å². The summed E-state index contributed by atoms with van der Waals surface area (Å²) in [5.41, 5.74) is 2.28. The van der Waals surface area contributed by atoms with E-state index in [1.54, 1.807) is 12.1 Å². The Hall–Kier alpha value is -3.37. The summed E-state index contributed by atoms with van der Waals surface area (Å²) < 4.78 is 6.36. The normalized spacial score (nSPS) is 21.1. The number of aliphatic hydroxyl groups is 1. The van der Waals surface area contributed by atoms with Gasteiger partial charge in [0.25, 0.3) is 0 Å². The summed E-state index contributed by atoms with van der Waals surface area (Å²) in [6, 6.07) is 27.0. The fraction of sp³-hybridized carbons (Fsp3) is 0.222. The lowest BCUT2D eigenvalue weighted by Gasteiger charge is -2.38. The average molecular weight is 412 g/mol. The van der Waals surface area contributed by atoms with Crippen molar-refractivity contribution in [1.82, 2.24) is 4.98 Å². The second-order valence-electron chi connectivity index (χ2n) is 8.25. The van der Waals surface area contributed by atoms with Crippen LogP contribution in [0.5, 0.6) is 5.75 Å². The molecular formula is C27H25NO3. The van der Waals surface area contributed by atoms with Crippen LogP contribution < -0.4 is 0 Å². The van der Waals surface area contributed by atoms with Crippen LogP contribution in [0.15, 0.2) is 89.3 Å². The first kappa shape index (κ1) is 19.6. The van der Waals surface area contributed by atoms with Crippen molar-refractivity contribution in [2.45, 2.75) is 37.2 Å². The first-order valence-corrected chi connectivity index (χ1v) is 10.8. The molecule has 1 aromatic heterocycles. The third kappa shape index (κ3) is 3.64. The quantitative estimate of drug-likeness (QED) is 0.416. The van der Waals surface area contributed by atoms with Crippen molar-refractivity contribution in [2.24, 2.45) is 0 Å². The van der Waals surface area contributed by atoms with E-state index in [2.05, 4.69) is 0 Å². The Morgan fingerprint density at radius 1 is 0.839 bits per heavy atom. The smallest absolute Gasteiger partial charge is 0.228 e. The maximum Gasteiger partial charge on any atom is 0.228 e. The number of nitrogens with zero attached hydrogens (tertiary/aromatic N) is 1. The molecule has 4 nitrogen and oxygen atoms in total. The predicted molar refractivity (Wildman–Crippen MR) is 121 cm³/mol. The molecule has 1 heterocycles. The molecule has 1 aliphatic rings. The summed E-state index contributed by atoms with van der Waals surface area (Å²) in [4.78, 5) is 4.87. The molecule has 0 saturated heterocycles. The van der Waals surface area contributed by atoms with Crippen LogP contribution in [0.1, 0.15) is 43.1 Å². The van der Waals surface area contributed by atoms with Crippen molar-refractivity contribution in [1.29, 1.82) is 0 Å². The van der Waals surface area contributed by atoms with Crippen molar-refractivity contribution in [3.63, 3.8) is 0 Å². The maximum atomic E-state index is 11.9. The van der Waals surface area contributed by atoms with Gasteiger partial charge in [0, 0.05) is 17.0 Å². The van der Waals surface area contributed by atoms with Gasteiger partial charge >= 0.3 is 0 Å². The van der Waals surface area contributed by atoms with E-state index in [-0.39, 0.29) is 11.7 Å². The molecule has 0 amide bonds. The van der Waals surface area contributed by atoms with Gasteiger partial charge in [0.05, 0.1) is 0 Å². The van der Waals surface area contributed by atoms with Gasteiger partial charge in [-0.3, -0.25) is 0 Å². The molecule has 0 radical (unpaired) electrons. The fourth-order valence-corrected chi connectivity index (χ4v) is 4.68. The number of hydrogen-bond donors (Lipinski definition) is 2. The van der Waals surface area contributed by atoms with Gasteiger partial charge in [0.1, 0.15) is 17.0 Å². The summed E-state index contributed by atoms with van der Waals surface area (Å²) >= 11 is 0. The molecule has 0 bridgehead atoms. The number of oxazole rings is 1. The van der Waals surface area contributed by atoms with E-state index >= 15 is 0 Å². The molecule has 31 heavy (non-hydrogen) atoms. The molecule has 1 aliphatic carbocycles. The highest BCUT2D eigenvalue weighted by Gasteiger charge is 2.46. The fourth-order valence-electron chi connectivity index (χ4n) is 4.68. The van der Waals surface area contributed by atoms with Gasteiger partial charge in [0.15, 0.2) is 5.76 Å². The Morgan fingerprint density at radius 2 is 1.55 bits per heavy atom. The summed E-state index contributed by atoms with van der Waals surface area (Å²) in [6.07, 6.45) is 3.29.